The van der Waals surface area contributed by atoms with E-state index in [0.29, 0.717) is 41.4 Å². The van der Waals surface area contributed by atoms with E-state index < -0.39 is 0 Å². The average Bonchev–Trinajstić information content (AvgIpc) is 0.770. The highest BCUT2D eigenvalue weighted by Gasteiger charge is 2.14. The molecule has 0 bridgehead atoms. The third-order valence-electron chi connectivity index (χ3n) is 21.9. The van der Waals surface area contributed by atoms with Gasteiger partial charge in [-0.15, -0.1) is 0 Å². The van der Waals surface area contributed by atoms with Gasteiger partial charge in [-0.05, 0) is 237 Å². The second-order valence-corrected chi connectivity index (χ2v) is 29.0. The molecular weight excluding hydrogens is 1410 g/mol. The second-order valence-electron chi connectivity index (χ2n) is 29.0. The highest BCUT2D eigenvalue weighted by Crippen LogP contribution is 2.36. The zero-order valence-corrected chi connectivity index (χ0v) is 78.9. The molecule has 0 spiro atoms. The molecule has 0 aliphatic rings. The molecule has 7 atom stereocenters. The third kappa shape index (κ3) is 32.0. The van der Waals surface area contributed by atoms with Gasteiger partial charge in [-0.2, -0.15) is 0 Å². The van der Waals surface area contributed by atoms with Gasteiger partial charge in [-0.25, -0.2) is 0 Å². The zero-order chi connectivity index (χ0) is 87.2. The molecule has 117 heavy (non-hydrogen) atoms. The van der Waals surface area contributed by atoms with Gasteiger partial charge in [0.2, 0.25) is 0 Å². The van der Waals surface area contributed by atoms with E-state index in [1.54, 1.807) is 0 Å². The van der Waals surface area contributed by atoms with Gasteiger partial charge < -0.3 is 0 Å². The quantitative estimate of drug-likeness (QED) is 0.0752. The maximum absolute atomic E-state index is 2.37. The summed E-state index contributed by atoms with van der Waals surface area (Å²) in [5.74, 6) is 4.60. The van der Waals surface area contributed by atoms with Gasteiger partial charge >= 0.3 is 0 Å². The Balaban J connectivity index is 0.000000454. The van der Waals surface area contributed by atoms with Gasteiger partial charge in [0.1, 0.15) is 0 Å². The minimum Gasteiger partial charge on any atom is -0.0683 e. The molecule has 0 aliphatic carbocycles. The highest BCUT2D eigenvalue weighted by atomic mass is 14.2. The molecule has 0 fully saturated rings. The van der Waals surface area contributed by atoms with E-state index in [-0.39, 0.29) is 0 Å². The summed E-state index contributed by atoms with van der Waals surface area (Å²) < 4.78 is 0. The number of benzene rings is 15. The van der Waals surface area contributed by atoms with Crippen molar-refractivity contribution in [2.45, 2.75) is 287 Å². The van der Waals surface area contributed by atoms with Crippen molar-refractivity contribution in [2.24, 2.45) is 0 Å². The van der Waals surface area contributed by atoms with Crippen molar-refractivity contribution in [1.82, 2.24) is 0 Å². The first kappa shape index (κ1) is 103. The maximum Gasteiger partial charge on any atom is -0.0103 e. The van der Waals surface area contributed by atoms with Gasteiger partial charge in [0.15, 0.2) is 0 Å². The molecule has 626 valence electrons. The van der Waals surface area contributed by atoms with Crippen molar-refractivity contribution < 1.29 is 0 Å². The fourth-order valence-corrected chi connectivity index (χ4v) is 13.6. The fraction of sp³-hybridized carbons (Fsp3) is 0.368. The van der Waals surface area contributed by atoms with Crippen molar-refractivity contribution in [2.75, 3.05) is 0 Å². The van der Waals surface area contributed by atoms with Crippen LogP contribution in [-0.2, 0) is 0 Å². The van der Waals surface area contributed by atoms with Crippen molar-refractivity contribution >= 4 is 86.2 Å². The lowest BCUT2D eigenvalue weighted by Crippen LogP contribution is -1.95. The molecule has 0 saturated heterocycles. The van der Waals surface area contributed by atoms with Crippen LogP contribution in [0.2, 0.25) is 0 Å². The summed E-state index contributed by atoms with van der Waals surface area (Å²) >= 11 is 0. The molecule has 0 amide bonds. The molecule has 0 N–H and O–H groups in total. The van der Waals surface area contributed by atoms with Crippen LogP contribution < -0.4 is 0 Å². The Morgan fingerprint density at radius 3 is 0.880 bits per heavy atom. The summed E-state index contributed by atoms with van der Waals surface area (Å²) in [6, 6.07) is 110. The zero-order valence-electron chi connectivity index (χ0n) is 78.9. The first-order chi connectivity index (χ1) is 57.1. The Morgan fingerprint density at radius 1 is 0.171 bits per heavy atom. The number of rotatable bonds is 14. The molecule has 0 radical (unpaired) electrons. The number of hydrogen-bond acceptors (Lipinski definition) is 0. The molecule has 15 aromatic carbocycles. The van der Waals surface area contributed by atoms with E-state index in [9.17, 15) is 0 Å². The van der Waals surface area contributed by atoms with Crippen molar-refractivity contribution in [3.8, 4) is 0 Å². The number of hydrogen-bond donors (Lipinski definition) is 0. The smallest absolute Gasteiger partial charge is 0.0103 e. The summed E-state index contributed by atoms with van der Waals surface area (Å²) in [4.78, 5) is 0. The van der Waals surface area contributed by atoms with Crippen LogP contribution in [0.3, 0.4) is 0 Å². The van der Waals surface area contributed by atoms with E-state index in [4.69, 9.17) is 0 Å². The predicted octanol–water partition coefficient (Wildman–Crippen LogP) is 39.1. The second kappa shape index (κ2) is 59.9. The Kier molecular flexibility index (Phi) is 53.0. The summed E-state index contributed by atoms with van der Waals surface area (Å²) in [6.45, 7) is 61.8. The van der Waals surface area contributed by atoms with E-state index >= 15 is 0 Å². The fourth-order valence-electron chi connectivity index (χ4n) is 13.6. The third-order valence-corrected chi connectivity index (χ3v) is 21.9. The lowest BCUT2D eigenvalue weighted by Gasteiger charge is -2.16. The van der Waals surface area contributed by atoms with Crippen molar-refractivity contribution in [3.05, 3.63) is 348 Å². The standard InChI is InChI=1S/3C18H18.2C14H16.C11H16.C10H14.7C2H6/c1-3-13(2)18-16-10-6-4-8-14(16)12-15-9-5-7-11-17(15)18;1-3-13(2)14-8-9-17-11-15-6-4-5-7-16(15)12-18(17)10-14;1-3-13(2)16-11-10-15-9-8-14-6-4-5-7-17(14)18(15)12-16;1-3-11(2)13-10-6-8-12-7-4-5-9-14(12)13;1-3-11(2)13-9-8-12-6-4-5-7-14(12)10-13;1-4-10(3)11-7-5-9(2)6-8-11;1-3-9(2)10-7-5-4-6-8-10;7*1-2/h3*4-13H,3H2,1-2H3;2*4-11H,3H2,1-2H3;5-8,10H,4H2,1-3H3;4-9H,3H2,1-2H3;7*1-2H3. The Hall–Kier alpha value is -9.62. The first-order valence-electron chi connectivity index (χ1n) is 45.9. The average molecular weight is 1560 g/mol. The van der Waals surface area contributed by atoms with Crippen LogP contribution in [0.1, 0.15) is 325 Å². The minimum absolute atomic E-state index is 0.598. The molecular formula is C117H158. The Morgan fingerprint density at radius 2 is 0.436 bits per heavy atom. The monoisotopic (exact) mass is 1560 g/mol. The van der Waals surface area contributed by atoms with Crippen LogP contribution >= 0.6 is 0 Å². The largest absolute Gasteiger partial charge is 0.0683 e. The summed E-state index contributed by atoms with van der Waals surface area (Å²) in [5, 5.41) is 21.7. The minimum atomic E-state index is 0.598. The van der Waals surface area contributed by atoms with E-state index in [1.807, 2.05) is 96.9 Å². The Bertz CT molecular complexity index is 4990. The summed E-state index contributed by atoms with van der Waals surface area (Å²) in [5.41, 5.74) is 11.6. The molecule has 7 unspecified atom stereocenters. The Labute approximate surface area is 716 Å². The molecule has 0 heteroatoms. The van der Waals surface area contributed by atoms with Crippen LogP contribution in [0.4, 0.5) is 0 Å². The predicted molar refractivity (Wildman–Crippen MR) is 540 cm³/mol. The lowest BCUT2D eigenvalue weighted by atomic mass is 9.88. The van der Waals surface area contributed by atoms with Crippen LogP contribution in [0.5, 0.6) is 0 Å². The van der Waals surface area contributed by atoms with Crippen molar-refractivity contribution in [1.29, 1.82) is 0 Å². The lowest BCUT2D eigenvalue weighted by molar-refractivity contribution is 0.733. The van der Waals surface area contributed by atoms with Crippen LogP contribution in [-0.4, -0.2) is 0 Å². The SMILES string of the molecule is CC.CC.CC.CC.CC.CC.CC.CCC(C)c1c2ccccc2cc2ccccc12.CCC(C)c1ccc(C)cc1.CCC(C)c1ccc2cc3ccccc3cc2c1.CCC(C)c1ccc2ccc3ccccc3c2c1.CCC(C)c1ccc2ccccc2c1.CCC(C)c1cccc2ccccc12.CCC(C)c1ccccc1. The van der Waals surface area contributed by atoms with Gasteiger partial charge in [0.05, 0.1) is 0 Å². The number of fused-ring (bicyclic) bond motifs is 9. The van der Waals surface area contributed by atoms with Gasteiger partial charge in [-0.3, -0.25) is 0 Å². The van der Waals surface area contributed by atoms with E-state index in [2.05, 4.69) is 407 Å². The molecule has 0 nitrogen and oxygen atoms in total. The van der Waals surface area contributed by atoms with E-state index in [0.717, 1.165) is 0 Å². The van der Waals surface area contributed by atoms with E-state index in [1.165, 1.54) is 176 Å². The summed E-state index contributed by atoms with van der Waals surface area (Å²) in [7, 11) is 0. The van der Waals surface area contributed by atoms with Crippen LogP contribution in [0, 0.1) is 6.92 Å². The molecule has 0 aromatic heterocycles. The molecule has 0 aliphatic heterocycles. The first-order valence-corrected chi connectivity index (χ1v) is 45.9. The molecule has 0 saturated carbocycles. The molecule has 15 aromatic rings. The maximum atomic E-state index is 2.37. The van der Waals surface area contributed by atoms with Gasteiger partial charge in [0, 0.05) is 0 Å². The highest BCUT2D eigenvalue weighted by molar-refractivity contribution is 6.08. The van der Waals surface area contributed by atoms with Crippen molar-refractivity contribution in [3.63, 3.8) is 0 Å². The van der Waals surface area contributed by atoms with Gasteiger partial charge in [-0.1, -0.05) is 485 Å². The molecule has 0 heterocycles. The van der Waals surface area contributed by atoms with Crippen LogP contribution in [0.25, 0.3) is 86.2 Å². The molecule has 15 rings (SSSR count). The summed E-state index contributed by atoms with van der Waals surface area (Å²) in [6.07, 6.45) is 8.42. The number of aryl methyl sites for hydroxylation is 1. The van der Waals surface area contributed by atoms with Gasteiger partial charge in [0.25, 0.3) is 0 Å². The van der Waals surface area contributed by atoms with Crippen LogP contribution in [0.15, 0.2) is 303 Å². The normalized spacial score (nSPS) is 11.8. The topological polar surface area (TPSA) is 0 Å².